The second kappa shape index (κ2) is 10.5. The van der Waals surface area contributed by atoms with Gasteiger partial charge in [0.2, 0.25) is 5.79 Å². The number of hydrogen-bond donors (Lipinski definition) is 2. The summed E-state index contributed by atoms with van der Waals surface area (Å²) in [4.78, 5) is 51.0. The number of rotatable bonds is 7. The van der Waals surface area contributed by atoms with Gasteiger partial charge in [0, 0.05) is 39.0 Å². The predicted octanol–water partition coefficient (Wildman–Crippen LogP) is 2.37. The van der Waals surface area contributed by atoms with Gasteiger partial charge in [-0.3, -0.25) is 19.2 Å². The number of esters is 4. The Morgan fingerprint density at radius 1 is 1.00 bits per heavy atom. The molecule has 0 radical (unpaired) electrons. The van der Waals surface area contributed by atoms with Crippen LogP contribution in [0.15, 0.2) is 24.3 Å². The standard InChI is InChI=1S/C30H42O11/c1-9-10-22(34)40-26-23-24(39-18(6)32)16(4)13-29(23,41-19(7)33)30(36)27(8,35)25-20(15(2)3)11-12-21(38-17(5)31)28(25,26)14-37-30/h11-12,16,20-21,23-26,35-36H,2,9-10,13-14H2,1,3-8H3/t16-,20+,21+,23+,24-,25-,26+,27-,28+,29+,30-/m1/s1. The second-order valence-electron chi connectivity index (χ2n) is 12.4. The van der Waals surface area contributed by atoms with Crippen LogP contribution in [0.2, 0.25) is 0 Å². The smallest absolute Gasteiger partial charge is 0.306 e. The quantitative estimate of drug-likeness (QED) is 0.260. The average Bonchev–Trinajstić information content (AvgIpc) is 3.04. The Morgan fingerprint density at radius 3 is 2.17 bits per heavy atom. The summed E-state index contributed by atoms with van der Waals surface area (Å²) in [6.07, 6.45) is 0.379. The van der Waals surface area contributed by atoms with E-state index in [0.717, 1.165) is 6.92 Å². The van der Waals surface area contributed by atoms with Gasteiger partial charge in [0.15, 0.2) is 5.60 Å². The molecule has 0 unspecified atom stereocenters. The molecule has 0 aromatic heterocycles. The summed E-state index contributed by atoms with van der Waals surface area (Å²) in [5.41, 5.74) is -5.11. The minimum absolute atomic E-state index is 0.0395. The molecular formula is C30H42O11. The van der Waals surface area contributed by atoms with Gasteiger partial charge in [-0.25, -0.2) is 0 Å². The van der Waals surface area contributed by atoms with Crippen molar-refractivity contribution in [3.05, 3.63) is 24.3 Å². The highest BCUT2D eigenvalue weighted by Gasteiger charge is 2.86. The summed E-state index contributed by atoms with van der Waals surface area (Å²) >= 11 is 0. The molecule has 41 heavy (non-hydrogen) atoms. The largest absolute Gasteiger partial charge is 0.462 e. The topological polar surface area (TPSA) is 155 Å². The molecule has 2 heterocycles. The third kappa shape index (κ3) is 4.42. The summed E-state index contributed by atoms with van der Waals surface area (Å²) < 4.78 is 30.2. The van der Waals surface area contributed by atoms with Crippen LogP contribution in [0.5, 0.6) is 0 Å². The van der Waals surface area contributed by atoms with Crippen LogP contribution >= 0.6 is 0 Å². The summed E-state index contributed by atoms with van der Waals surface area (Å²) in [6.45, 7) is 14.1. The van der Waals surface area contributed by atoms with Crippen molar-refractivity contribution < 1.29 is 53.1 Å². The van der Waals surface area contributed by atoms with Crippen LogP contribution in [0.4, 0.5) is 0 Å². The molecule has 11 nitrogen and oxygen atoms in total. The Kier molecular flexibility index (Phi) is 7.99. The van der Waals surface area contributed by atoms with Gasteiger partial charge >= 0.3 is 23.9 Å². The number of fused-ring (bicyclic) bond motifs is 1. The van der Waals surface area contributed by atoms with Gasteiger partial charge in [-0.2, -0.15) is 0 Å². The minimum atomic E-state index is -2.56. The van der Waals surface area contributed by atoms with Crippen LogP contribution < -0.4 is 0 Å². The van der Waals surface area contributed by atoms with Gasteiger partial charge in [0.05, 0.1) is 17.9 Å². The maximum Gasteiger partial charge on any atom is 0.306 e. The third-order valence-electron chi connectivity index (χ3n) is 9.49. The number of aliphatic hydroxyl groups is 2. The Balaban J connectivity index is 2.15. The van der Waals surface area contributed by atoms with E-state index in [2.05, 4.69) is 6.58 Å². The Morgan fingerprint density at radius 2 is 1.63 bits per heavy atom. The fourth-order valence-corrected chi connectivity index (χ4v) is 8.27. The van der Waals surface area contributed by atoms with Gasteiger partial charge in [0.1, 0.15) is 23.9 Å². The molecule has 11 heteroatoms. The SMILES string of the molecule is C=C(C)[C@@H]1C=C[C@H](OC(C)=O)[C@]23CO[C@@](O)([C@]4(OC(C)=O)C[C@@H](C)[C@@H](OC(C)=O)[C@H]4[C@@H]2OC(=O)CCC)[C@](C)(O)[C@@H]13. The van der Waals surface area contributed by atoms with Crippen LogP contribution in [0, 0.1) is 29.1 Å². The van der Waals surface area contributed by atoms with Gasteiger partial charge in [0.25, 0.3) is 0 Å². The molecule has 3 aliphatic carbocycles. The molecule has 5 aliphatic rings. The van der Waals surface area contributed by atoms with Crippen LogP contribution in [-0.4, -0.2) is 76.0 Å². The second-order valence-corrected chi connectivity index (χ2v) is 12.4. The molecule has 0 aromatic carbocycles. The molecule has 5 rings (SSSR count). The Bertz CT molecular complexity index is 1160. The summed E-state index contributed by atoms with van der Waals surface area (Å²) in [5.74, 6) is -8.54. The molecule has 2 saturated carbocycles. The zero-order valence-electron chi connectivity index (χ0n) is 24.8. The summed E-state index contributed by atoms with van der Waals surface area (Å²) in [7, 11) is 0. The summed E-state index contributed by atoms with van der Waals surface area (Å²) in [6, 6.07) is 0. The van der Waals surface area contributed by atoms with Gasteiger partial charge in [-0.1, -0.05) is 32.1 Å². The number of carbonyl (C=O) groups excluding carboxylic acids is 4. The van der Waals surface area contributed by atoms with E-state index in [-0.39, 0.29) is 19.4 Å². The lowest BCUT2D eigenvalue weighted by Crippen LogP contribution is -2.77. The predicted molar refractivity (Wildman–Crippen MR) is 143 cm³/mol. The Hall–Kier alpha value is -2.76. The molecule has 2 N–H and O–H groups in total. The molecule has 2 bridgehead atoms. The number of hydrogen-bond acceptors (Lipinski definition) is 11. The third-order valence-corrected chi connectivity index (χ3v) is 9.49. The van der Waals surface area contributed by atoms with Crippen molar-refractivity contribution in [2.75, 3.05) is 6.61 Å². The molecule has 2 aliphatic heterocycles. The molecular weight excluding hydrogens is 536 g/mol. The van der Waals surface area contributed by atoms with Crippen molar-refractivity contribution >= 4 is 23.9 Å². The van der Waals surface area contributed by atoms with Gasteiger partial charge in [-0.05, 0) is 38.7 Å². The molecule has 228 valence electrons. The molecule has 11 atom stereocenters. The first kappa shape index (κ1) is 31.2. The fraction of sp³-hybridized carbons (Fsp3) is 0.733. The lowest BCUT2D eigenvalue weighted by atomic mass is 9.52. The van der Waals surface area contributed by atoms with E-state index in [4.69, 9.17) is 23.7 Å². The highest BCUT2D eigenvalue weighted by atomic mass is 16.7. The van der Waals surface area contributed by atoms with E-state index < -0.39 is 88.3 Å². The first-order chi connectivity index (χ1) is 19.0. The molecule has 2 saturated heterocycles. The van der Waals surface area contributed by atoms with Crippen molar-refractivity contribution in [2.24, 2.45) is 29.1 Å². The first-order valence-corrected chi connectivity index (χ1v) is 14.2. The molecule has 0 aromatic rings. The lowest BCUT2D eigenvalue weighted by molar-refractivity contribution is -0.411. The van der Waals surface area contributed by atoms with Crippen molar-refractivity contribution in [2.45, 2.75) is 103 Å². The zero-order chi connectivity index (χ0) is 30.7. The van der Waals surface area contributed by atoms with Crippen LogP contribution in [-0.2, 0) is 42.9 Å². The minimum Gasteiger partial charge on any atom is -0.462 e. The highest BCUT2D eigenvalue weighted by Crippen LogP contribution is 2.70. The van der Waals surface area contributed by atoms with Crippen molar-refractivity contribution in [1.82, 2.24) is 0 Å². The van der Waals surface area contributed by atoms with Gasteiger partial charge in [-0.15, -0.1) is 0 Å². The van der Waals surface area contributed by atoms with Gasteiger partial charge < -0.3 is 33.9 Å². The monoisotopic (exact) mass is 578 g/mol. The first-order valence-electron chi connectivity index (χ1n) is 14.2. The van der Waals surface area contributed by atoms with E-state index >= 15 is 0 Å². The Labute approximate surface area is 240 Å². The fourth-order valence-electron chi connectivity index (χ4n) is 8.27. The number of allylic oxidation sites excluding steroid dienone is 2. The molecule has 1 spiro atoms. The molecule has 4 fully saturated rings. The summed E-state index contributed by atoms with van der Waals surface area (Å²) in [5, 5.41) is 25.2. The van der Waals surface area contributed by atoms with Crippen LogP contribution in [0.3, 0.4) is 0 Å². The van der Waals surface area contributed by atoms with E-state index in [1.165, 1.54) is 20.8 Å². The zero-order valence-corrected chi connectivity index (χ0v) is 24.8. The number of carbonyl (C=O) groups is 4. The van der Waals surface area contributed by atoms with Crippen molar-refractivity contribution in [3.63, 3.8) is 0 Å². The maximum absolute atomic E-state index is 13.3. The number of ether oxygens (including phenoxy) is 5. The van der Waals surface area contributed by atoms with E-state index in [9.17, 15) is 29.4 Å². The van der Waals surface area contributed by atoms with Crippen molar-refractivity contribution in [1.29, 1.82) is 0 Å². The van der Waals surface area contributed by atoms with Crippen LogP contribution in [0.25, 0.3) is 0 Å². The lowest BCUT2D eigenvalue weighted by Gasteiger charge is -2.62. The normalized spacial score (nSPS) is 44.2. The maximum atomic E-state index is 13.3. The average molecular weight is 579 g/mol. The van der Waals surface area contributed by atoms with Crippen LogP contribution in [0.1, 0.15) is 67.7 Å². The highest BCUT2D eigenvalue weighted by molar-refractivity contribution is 5.71. The van der Waals surface area contributed by atoms with E-state index in [0.29, 0.717) is 12.0 Å². The van der Waals surface area contributed by atoms with E-state index in [1.54, 1.807) is 26.0 Å². The van der Waals surface area contributed by atoms with E-state index in [1.807, 2.05) is 6.92 Å². The molecule has 0 amide bonds. The van der Waals surface area contributed by atoms with Crippen molar-refractivity contribution in [3.8, 4) is 0 Å².